The van der Waals surface area contributed by atoms with Crippen molar-refractivity contribution in [3.8, 4) is 10.6 Å². The van der Waals surface area contributed by atoms with Crippen LogP contribution in [0.25, 0.3) is 10.6 Å². The fourth-order valence-electron chi connectivity index (χ4n) is 1.67. The average molecular weight is 250 g/mol. The van der Waals surface area contributed by atoms with Gasteiger partial charge in [0, 0.05) is 0 Å². The van der Waals surface area contributed by atoms with Gasteiger partial charge in [0.1, 0.15) is 0 Å². The molecule has 0 saturated carbocycles. The summed E-state index contributed by atoms with van der Waals surface area (Å²) in [5.41, 5.74) is 1.24. The van der Waals surface area contributed by atoms with Crippen molar-refractivity contribution in [2.45, 2.75) is 33.2 Å². The highest BCUT2D eigenvalue weighted by atomic mass is 32.1. The Morgan fingerprint density at radius 2 is 2.35 bits per heavy atom. The number of rotatable bonds is 5. The van der Waals surface area contributed by atoms with Crippen molar-refractivity contribution in [1.82, 2.24) is 10.3 Å². The second kappa shape index (κ2) is 5.47. The molecule has 2 aromatic heterocycles. The number of nitrogens with zero attached hydrogens (tertiary/aromatic N) is 1. The van der Waals surface area contributed by atoms with Crippen LogP contribution in [0.15, 0.2) is 22.1 Å². The second-order valence-corrected chi connectivity index (χ2v) is 5.09. The molecule has 0 spiro atoms. The molecule has 0 aliphatic heterocycles. The minimum Gasteiger partial charge on any atom is -0.438 e. The zero-order valence-electron chi connectivity index (χ0n) is 10.5. The van der Waals surface area contributed by atoms with Gasteiger partial charge in [-0.2, -0.15) is 0 Å². The maximum atomic E-state index is 5.80. The Kier molecular flexibility index (Phi) is 3.97. The number of hydrogen-bond donors (Lipinski definition) is 1. The van der Waals surface area contributed by atoms with E-state index in [9.17, 15) is 0 Å². The van der Waals surface area contributed by atoms with Crippen molar-refractivity contribution in [1.29, 1.82) is 0 Å². The van der Waals surface area contributed by atoms with E-state index in [1.165, 1.54) is 10.4 Å². The number of aryl methyl sites for hydroxylation is 1. The Bertz CT molecular complexity index is 475. The fourth-order valence-corrected chi connectivity index (χ4v) is 2.54. The minimum atomic E-state index is 0.170. The molecule has 0 amide bonds. The van der Waals surface area contributed by atoms with E-state index in [-0.39, 0.29) is 6.04 Å². The number of nitrogens with one attached hydrogen (secondary N) is 1. The minimum absolute atomic E-state index is 0.170. The topological polar surface area (TPSA) is 38.1 Å². The number of hydrogen-bond acceptors (Lipinski definition) is 4. The molecule has 1 N–H and O–H groups in total. The van der Waals surface area contributed by atoms with Gasteiger partial charge in [-0.3, -0.25) is 0 Å². The van der Waals surface area contributed by atoms with Gasteiger partial charge in [0.2, 0.25) is 5.89 Å². The molecule has 2 aromatic rings. The molecule has 0 aliphatic carbocycles. The van der Waals surface area contributed by atoms with Crippen LogP contribution >= 0.6 is 11.3 Å². The highest BCUT2D eigenvalue weighted by Gasteiger charge is 2.14. The first kappa shape index (κ1) is 12.3. The number of oxazole rings is 1. The average Bonchev–Trinajstić information content (AvgIpc) is 2.93. The zero-order valence-corrected chi connectivity index (χ0v) is 11.3. The molecule has 0 saturated heterocycles. The summed E-state index contributed by atoms with van der Waals surface area (Å²) in [4.78, 5) is 5.52. The molecular formula is C13H18N2OS. The van der Waals surface area contributed by atoms with Gasteiger partial charge in [-0.1, -0.05) is 6.92 Å². The molecule has 0 aliphatic rings. The summed E-state index contributed by atoms with van der Waals surface area (Å²) in [6.45, 7) is 7.30. The summed E-state index contributed by atoms with van der Waals surface area (Å²) in [6, 6.07) is 2.27. The summed E-state index contributed by atoms with van der Waals surface area (Å²) in [6.07, 6.45) is 2.93. The molecule has 1 atom stereocenters. The van der Waals surface area contributed by atoms with Crippen LogP contribution < -0.4 is 5.32 Å². The lowest BCUT2D eigenvalue weighted by molar-refractivity contribution is 0.423. The van der Waals surface area contributed by atoms with Crippen LogP contribution in [0.4, 0.5) is 0 Å². The van der Waals surface area contributed by atoms with Crippen molar-refractivity contribution >= 4 is 11.3 Å². The van der Waals surface area contributed by atoms with Gasteiger partial charge in [0.15, 0.2) is 5.76 Å². The van der Waals surface area contributed by atoms with E-state index < -0.39 is 0 Å². The second-order valence-electron chi connectivity index (χ2n) is 4.17. The first-order valence-electron chi connectivity index (χ1n) is 5.96. The molecule has 0 aromatic carbocycles. The predicted octanol–water partition coefficient (Wildman–Crippen LogP) is 3.77. The monoisotopic (exact) mass is 250 g/mol. The van der Waals surface area contributed by atoms with Crippen molar-refractivity contribution in [2.75, 3.05) is 6.54 Å². The molecule has 0 fully saturated rings. The van der Waals surface area contributed by atoms with E-state index in [1.807, 2.05) is 6.20 Å². The molecular weight excluding hydrogens is 232 g/mol. The van der Waals surface area contributed by atoms with Crippen molar-refractivity contribution in [3.05, 3.63) is 29.1 Å². The lowest BCUT2D eigenvalue weighted by Gasteiger charge is -2.08. The molecule has 17 heavy (non-hydrogen) atoms. The summed E-state index contributed by atoms with van der Waals surface area (Å²) >= 11 is 1.69. The van der Waals surface area contributed by atoms with Crippen LogP contribution in [0.2, 0.25) is 0 Å². The Balaban J connectivity index is 2.13. The molecule has 4 heteroatoms. The zero-order chi connectivity index (χ0) is 12.3. The highest BCUT2D eigenvalue weighted by Crippen LogP contribution is 2.30. The Morgan fingerprint density at radius 3 is 3.00 bits per heavy atom. The van der Waals surface area contributed by atoms with Crippen molar-refractivity contribution < 1.29 is 4.42 Å². The van der Waals surface area contributed by atoms with Gasteiger partial charge in [-0.05, 0) is 43.8 Å². The third-order valence-corrected chi connectivity index (χ3v) is 3.71. The largest absolute Gasteiger partial charge is 0.438 e. The molecule has 2 heterocycles. The first-order chi connectivity index (χ1) is 8.22. The first-order valence-corrected chi connectivity index (χ1v) is 6.84. The molecule has 2 rings (SSSR count). The van der Waals surface area contributed by atoms with E-state index in [4.69, 9.17) is 4.42 Å². The van der Waals surface area contributed by atoms with Crippen LogP contribution in [-0.2, 0) is 0 Å². The lowest BCUT2D eigenvalue weighted by atomic mass is 10.2. The standard InChI is InChI=1S/C13H18N2OS/c1-4-6-14-10(3)13-15-8-11(16-13)12-9(2)5-7-17-12/h5,7-8,10,14H,4,6H2,1-3H3. The molecule has 3 nitrogen and oxygen atoms in total. The van der Waals surface area contributed by atoms with Crippen molar-refractivity contribution in [3.63, 3.8) is 0 Å². The van der Waals surface area contributed by atoms with E-state index in [0.717, 1.165) is 24.6 Å². The fraction of sp³-hybridized carbons (Fsp3) is 0.462. The molecule has 1 unspecified atom stereocenters. The van der Waals surface area contributed by atoms with Gasteiger partial charge in [-0.25, -0.2) is 4.98 Å². The smallest absolute Gasteiger partial charge is 0.211 e. The van der Waals surface area contributed by atoms with Gasteiger partial charge >= 0.3 is 0 Å². The predicted molar refractivity (Wildman–Crippen MR) is 71.3 cm³/mol. The normalized spacial score (nSPS) is 12.9. The summed E-state index contributed by atoms with van der Waals surface area (Å²) in [5, 5.41) is 5.44. The van der Waals surface area contributed by atoms with Gasteiger partial charge in [-0.15, -0.1) is 11.3 Å². The van der Waals surface area contributed by atoms with Crippen LogP contribution in [0, 0.1) is 6.92 Å². The maximum absolute atomic E-state index is 5.80. The maximum Gasteiger partial charge on any atom is 0.211 e. The summed E-state index contributed by atoms with van der Waals surface area (Å²) < 4.78 is 5.80. The van der Waals surface area contributed by atoms with E-state index in [2.05, 4.69) is 42.5 Å². The molecule has 0 radical (unpaired) electrons. The van der Waals surface area contributed by atoms with Gasteiger partial charge in [0.25, 0.3) is 0 Å². The van der Waals surface area contributed by atoms with E-state index in [1.54, 1.807) is 11.3 Å². The quantitative estimate of drug-likeness (QED) is 0.877. The van der Waals surface area contributed by atoms with Crippen LogP contribution in [0.5, 0.6) is 0 Å². The lowest BCUT2D eigenvalue weighted by Crippen LogP contribution is -2.19. The van der Waals surface area contributed by atoms with Crippen LogP contribution in [0.1, 0.15) is 37.8 Å². The van der Waals surface area contributed by atoms with Crippen molar-refractivity contribution in [2.24, 2.45) is 0 Å². The SMILES string of the molecule is CCCNC(C)c1ncc(-c2sccc2C)o1. The van der Waals surface area contributed by atoms with Gasteiger partial charge in [0.05, 0.1) is 17.1 Å². The number of thiophene rings is 1. The molecule has 92 valence electrons. The Morgan fingerprint density at radius 1 is 1.53 bits per heavy atom. The van der Waals surface area contributed by atoms with E-state index >= 15 is 0 Å². The van der Waals surface area contributed by atoms with Gasteiger partial charge < -0.3 is 9.73 Å². The molecule has 0 bridgehead atoms. The summed E-state index contributed by atoms with van der Waals surface area (Å²) in [5.74, 6) is 1.64. The Hall–Kier alpha value is -1.13. The summed E-state index contributed by atoms with van der Waals surface area (Å²) in [7, 11) is 0. The Labute approximate surface area is 106 Å². The van der Waals surface area contributed by atoms with Crippen LogP contribution in [-0.4, -0.2) is 11.5 Å². The highest BCUT2D eigenvalue weighted by molar-refractivity contribution is 7.13. The third kappa shape index (κ3) is 2.76. The van der Waals surface area contributed by atoms with Crippen LogP contribution in [0.3, 0.4) is 0 Å². The number of aromatic nitrogens is 1. The third-order valence-electron chi connectivity index (χ3n) is 2.68. The van der Waals surface area contributed by atoms with E-state index in [0.29, 0.717) is 0 Å².